The van der Waals surface area contributed by atoms with Gasteiger partial charge in [0.05, 0.1) is 30.9 Å². The van der Waals surface area contributed by atoms with Gasteiger partial charge in [0.15, 0.2) is 18.1 Å². The van der Waals surface area contributed by atoms with Crippen molar-refractivity contribution in [2.45, 2.75) is 25.3 Å². The molecule has 1 unspecified atom stereocenters. The van der Waals surface area contributed by atoms with Crippen LogP contribution in [0.15, 0.2) is 42.5 Å². The second-order valence-corrected chi connectivity index (χ2v) is 6.93. The molecule has 0 saturated carbocycles. The van der Waals surface area contributed by atoms with Crippen molar-refractivity contribution in [2.75, 3.05) is 26.4 Å². The SMILES string of the molecule is N#Cc1ccc(OCC(=O)N2CCCC2c2ccc3c(c2)OCCCO3)cc1. The third kappa shape index (κ3) is 3.89. The van der Waals surface area contributed by atoms with Crippen LogP contribution in [0.1, 0.15) is 36.4 Å². The summed E-state index contributed by atoms with van der Waals surface area (Å²) < 4.78 is 17.1. The molecular weight excluding hydrogens is 356 g/mol. The molecule has 0 aliphatic carbocycles. The first kappa shape index (κ1) is 18.2. The van der Waals surface area contributed by atoms with Crippen LogP contribution in [-0.2, 0) is 4.79 Å². The van der Waals surface area contributed by atoms with Crippen LogP contribution < -0.4 is 14.2 Å². The quantitative estimate of drug-likeness (QED) is 0.815. The standard InChI is InChI=1S/C22H22N2O4/c23-14-16-4-7-18(8-5-16)28-15-22(25)24-10-1-3-19(24)17-6-9-20-21(13-17)27-12-2-11-26-20/h4-9,13,19H,1-3,10-12,15H2. The molecular formula is C22H22N2O4. The fourth-order valence-electron chi connectivity index (χ4n) is 3.65. The van der Waals surface area contributed by atoms with Crippen molar-refractivity contribution in [1.82, 2.24) is 4.90 Å². The molecule has 6 nitrogen and oxygen atoms in total. The highest BCUT2D eigenvalue weighted by Gasteiger charge is 2.31. The van der Waals surface area contributed by atoms with Crippen LogP contribution in [0.4, 0.5) is 0 Å². The lowest BCUT2D eigenvalue weighted by atomic mass is 10.0. The number of hydrogen-bond donors (Lipinski definition) is 0. The van der Waals surface area contributed by atoms with E-state index in [9.17, 15) is 4.79 Å². The van der Waals surface area contributed by atoms with Crippen molar-refractivity contribution in [1.29, 1.82) is 5.26 Å². The van der Waals surface area contributed by atoms with Gasteiger partial charge in [-0.05, 0) is 54.8 Å². The number of nitrogens with zero attached hydrogens (tertiary/aromatic N) is 2. The maximum atomic E-state index is 12.8. The first-order valence-electron chi connectivity index (χ1n) is 9.56. The lowest BCUT2D eigenvalue weighted by Crippen LogP contribution is -2.34. The van der Waals surface area contributed by atoms with Crippen LogP contribution in [-0.4, -0.2) is 37.2 Å². The fourth-order valence-corrected chi connectivity index (χ4v) is 3.65. The van der Waals surface area contributed by atoms with E-state index >= 15 is 0 Å². The summed E-state index contributed by atoms with van der Waals surface area (Å²) >= 11 is 0. The predicted octanol–water partition coefficient (Wildman–Crippen LogP) is 3.46. The minimum absolute atomic E-state index is 0.0209. The van der Waals surface area contributed by atoms with E-state index in [1.165, 1.54) is 0 Å². The molecule has 0 bridgehead atoms. The first-order valence-corrected chi connectivity index (χ1v) is 9.56. The Labute approximate surface area is 164 Å². The largest absolute Gasteiger partial charge is 0.490 e. The van der Waals surface area contributed by atoms with Gasteiger partial charge in [-0.2, -0.15) is 5.26 Å². The molecule has 144 valence electrons. The summed E-state index contributed by atoms with van der Waals surface area (Å²) in [5, 5.41) is 8.85. The highest BCUT2D eigenvalue weighted by Crippen LogP contribution is 2.37. The van der Waals surface area contributed by atoms with E-state index in [0.29, 0.717) is 31.1 Å². The molecule has 28 heavy (non-hydrogen) atoms. The lowest BCUT2D eigenvalue weighted by Gasteiger charge is -2.25. The summed E-state index contributed by atoms with van der Waals surface area (Å²) in [7, 11) is 0. The number of benzene rings is 2. The van der Waals surface area contributed by atoms with Crippen molar-refractivity contribution in [3.63, 3.8) is 0 Å². The molecule has 4 rings (SSSR count). The number of likely N-dealkylation sites (tertiary alicyclic amines) is 1. The van der Waals surface area contributed by atoms with Gasteiger partial charge in [0, 0.05) is 13.0 Å². The van der Waals surface area contributed by atoms with Crippen molar-refractivity contribution >= 4 is 5.91 Å². The van der Waals surface area contributed by atoms with Crippen LogP contribution in [0, 0.1) is 11.3 Å². The lowest BCUT2D eigenvalue weighted by molar-refractivity contribution is -0.134. The molecule has 1 fully saturated rings. The Balaban J connectivity index is 1.43. The third-order valence-electron chi connectivity index (χ3n) is 5.08. The molecule has 0 N–H and O–H groups in total. The summed E-state index contributed by atoms with van der Waals surface area (Å²) in [5.41, 5.74) is 1.63. The van der Waals surface area contributed by atoms with Gasteiger partial charge in [-0.1, -0.05) is 6.07 Å². The summed E-state index contributed by atoms with van der Waals surface area (Å²) in [6.45, 7) is 2.00. The van der Waals surface area contributed by atoms with E-state index < -0.39 is 0 Å². The number of rotatable bonds is 4. The third-order valence-corrected chi connectivity index (χ3v) is 5.08. The minimum atomic E-state index is -0.0426. The Morgan fingerprint density at radius 3 is 2.68 bits per heavy atom. The molecule has 0 radical (unpaired) electrons. The summed E-state index contributed by atoms with van der Waals surface area (Å²) in [5.74, 6) is 2.06. The molecule has 1 amide bonds. The van der Waals surface area contributed by atoms with Gasteiger partial charge in [-0.3, -0.25) is 4.79 Å². The van der Waals surface area contributed by atoms with Gasteiger partial charge in [0.1, 0.15) is 5.75 Å². The van der Waals surface area contributed by atoms with E-state index in [-0.39, 0.29) is 18.6 Å². The molecule has 2 aliphatic heterocycles. The topological polar surface area (TPSA) is 71.8 Å². The van der Waals surface area contributed by atoms with Gasteiger partial charge in [0.25, 0.3) is 5.91 Å². The van der Waals surface area contributed by atoms with E-state index in [4.69, 9.17) is 19.5 Å². The highest BCUT2D eigenvalue weighted by atomic mass is 16.5. The summed E-state index contributed by atoms with van der Waals surface area (Å²) in [4.78, 5) is 14.6. The summed E-state index contributed by atoms with van der Waals surface area (Å²) in [6.07, 6.45) is 2.74. The number of amides is 1. The van der Waals surface area contributed by atoms with Gasteiger partial charge in [0.2, 0.25) is 0 Å². The summed E-state index contributed by atoms with van der Waals surface area (Å²) in [6, 6.07) is 14.8. The molecule has 2 aromatic rings. The first-order chi connectivity index (χ1) is 13.7. The molecule has 2 aromatic carbocycles. The Bertz CT molecular complexity index is 888. The molecule has 0 spiro atoms. The number of hydrogen-bond acceptors (Lipinski definition) is 5. The van der Waals surface area contributed by atoms with E-state index in [1.54, 1.807) is 24.3 Å². The van der Waals surface area contributed by atoms with Crippen molar-refractivity contribution < 1.29 is 19.0 Å². The van der Waals surface area contributed by atoms with E-state index in [0.717, 1.165) is 36.3 Å². The highest BCUT2D eigenvalue weighted by molar-refractivity contribution is 5.78. The average Bonchev–Trinajstić information content (AvgIpc) is 3.11. The Hall–Kier alpha value is -3.20. The van der Waals surface area contributed by atoms with Crippen LogP contribution in [0.2, 0.25) is 0 Å². The van der Waals surface area contributed by atoms with Gasteiger partial charge < -0.3 is 19.1 Å². The maximum Gasteiger partial charge on any atom is 0.261 e. The van der Waals surface area contributed by atoms with Crippen LogP contribution >= 0.6 is 0 Å². The molecule has 1 atom stereocenters. The van der Waals surface area contributed by atoms with Crippen LogP contribution in [0.25, 0.3) is 0 Å². The van der Waals surface area contributed by atoms with Crippen LogP contribution in [0.3, 0.4) is 0 Å². The fraction of sp³-hybridized carbons (Fsp3) is 0.364. The zero-order valence-corrected chi connectivity index (χ0v) is 15.6. The normalized spacial score (nSPS) is 18.2. The van der Waals surface area contributed by atoms with Crippen LogP contribution in [0.5, 0.6) is 17.2 Å². The Morgan fingerprint density at radius 2 is 1.89 bits per heavy atom. The zero-order valence-electron chi connectivity index (χ0n) is 15.6. The average molecular weight is 378 g/mol. The van der Waals surface area contributed by atoms with E-state index in [2.05, 4.69) is 6.07 Å². The molecule has 2 heterocycles. The Kier molecular flexibility index (Phi) is 5.34. The van der Waals surface area contributed by atoms with Gasteiger partial charge >= 0.3 is 0 Å². The number of nitriles is 1. The number of ether oxygens (including phenoxy) is 3. The second kappa shape index (κ2) is 8.22. The number of carbonyl (C=O) groups excluding carboxylic acids is 1. The number of fused-ring (bicyclic) bond motifs is 1. The van der Waals surface area contributed by atoms with E-state index in [1.807, 2.05) is 23.1 Å². The maximum absolute atomic E-state index is 12.8. The van der Waals surface area contributed by atoms with Crippen molar-refractivity contribution in [3.8, 4) is 23.3 Å². The Morgan fingerprint density at radius 1 is 1.11 bits per heavy atom. The van der Waals surface area contributed by atoms with Crippen molar-refractivity contribution in [3.05, 3.63) is 53.6 Å². The zero-order chi connectivity index (χ0) is 19.3. The monoisotopic (exact) mass is 378 g/mol. The smallest absolute Gasteiger partial charge is 0.261 e. The predicted molar refractivity (Wildman–Crippen MR) is 102 cm³/mol. The molecule has 0 aromatic heterocycles. The molecule has 1 saturated heterocycles. The van der Waals surface area contributed by atoms with Crippen molar-refractivity contribution in [2.24, 2.45) is 0 Å². The minimum Gasteiger partial charge on any atom is -0.490 e. The van der Waals surface area contributed by atoms with Gasteiger partial charge in [-0.25, -0.2) is 0 Å². The number of carbonyl (C=O) groups is 1. The molecule has 6 heteroatoms. The molecule has 2 aliphatic rings. The second-order valence-electron chi connectivity index (χ2n) is 6.93. The van der Waals surface area contributed by atoms with Gasteiger partial charge in [-0.15, -0.1) is 0 Å².